The first-order valence-corrected chi connectivity index (χ1v) is 8.41. The third-order valence-electron chi connectivity index (χ3n) is 4.49. The predicted molar refractivity (Wildman–Crippen MR) is 92.8 cm³/mol. The summed E-state index contributed by atoms with van der Waals surface area (Å²) in [6.07, 6.45) is 2.45. The molecule has 0 aliphatic carbocycles. The SMILES string of the molecule is c1ccc(CCC2CNCCN(Cc3ccccc3)C2)cc1. The summed E-state index contributed by atoms with van der Waals surface area (Å²) in [4.78, 5) is 2.60. The summed E-state index contributed by atoms with van der Waals surface area (Å²) in [5.41, 5.74) is 2.88. The number of hydrogen-bond donors (Lipinski definition) is 1. The monoisotopic (exact) mass is 294 g/mol. The fourth-order valence-electron chi connectivity index (χ4n) is 3.26. The van der Waals surface area contributed by atoms with E-state index in [9.17, 15) is 0 Å². The number of benzene rings is 2. The minimum atomic E-state index is 0.742. The van der Waals surface area contributed by atoms with Crippen molar-refractivity contribution < 1.29 is 0 Å². The number of nitrogens with zero attached hydrogens (tertiary/aromatic N) is 1. The number of aryl methyl sites for hydroxylation is 1. The summed E-state index contributed by atoms with van der Waals surface area (Å²) >= 11 is 0. The third kappa shape index (κ3) is 4.69. The van der Waals surface area contributed by atoms with Crippen LogP contribution in [0, 0.1) is 5.92 Å². The molecule has 0 bridgehead atoms. The van der Waals surface area contributed by atoms with Gasteiger partial charge in [-0.05, 0) is 36.4 Å². The highest BCUT2D eigenvalue weighted by molar-refractivity contribution is 5.15. The van der Waals surface area contributed by atoms with Crippen molar-refractivity contribution >= 4 is 0 Å². The topological polar surface area (TPSA) is 15.3 Å². The highest BCUT2D eigenvalue weighted by Crippen LogP contribution is 2.15. The van der Waals surface area contributed by atoms with Gasteiger partial charge in [0.2, 0.25) is 0 Å². The third-order valence-corrected chi connectivity index (χ3v) is 4.49. The molecule has 2 aromatic carbocycles. The van der Waals surface area contributed by atoms with Gasteiger partial charge in [-0.2, -0.15) is 0 Å². The van der Waals surface area contributed by atoms with Crippen LogP contribution in [0.1, 0.15) is 17.5 Å². The molecule has 1 atom stereocenters. The highest BCUT2D eigenvalue weighted by Gasteiger charge is 2.17. The summed E-state index contributed by atoms with van der Waals surface area (Å²) < 4.78 is 0. The number of nitrogens with one attached hydrogen (secondary N) is 1. The molecule has 0 amide bonds. The average molecular weight is 294 g/mol. The molecule has 3 rings (SSSR count). The second-order valence-electron chi connectivity index (χ2n) is 6.32. The average Bonchev–Trinajstić information content (AvgIpc) is 2.80. The van der Waals surface area contributed by atoms with Crippen molar-refractivity contribution in [2.75, 3.05) is 26.2 Å². The van der Waals surface area contributed by atoms with Crippen molar-refractivity contribution in [2.45, 2.75) is 19.4 Å². The van der Waals surface area contributed by atoms with Crippen LogP contribution >= 0.6 is 0 Å². The maximum atomic E-state index is 3.61. The van der Waals surface area contributed by atoms with Gasteiger partial charge >= 0.3 is 0 Å². The van der Waals surface area contributed by atoms with Gasteiger partial charge in [0.25, 0.3) is 0 Å². The minimum Gasteiger partial charge on any atom is -0.315 e. The molecule has 1 fully saturated rings. The summed E-state index contributed by atoms with van der Waals surface area (Å²) in [5.74, 6) is 0.742. The molecule has 0 radical (unpaired) electrons. The molecule has 1 N–H and O–H groups in total. The summed E-state index contributed by atoms with van der Waals surface area (Å²) in [5, 5.41) is 3.61. The van der Waals surface area contributed by atoms with Gasteiger partial charge < -0.3 is 5.32 Å². The van der Waals surface area contributed by atoms with Gasteiger partial charge in [0.05, 0.1) is 0 Å². The Labute approximate surface area is 134 Å². The van der Waals surface area contributed by atoms with E-state index in [4.69, 9.17) is 0 Å². The van der Waals surface area contributed by atoms with Crippen LogP contribution < -0.4 is 5.32 Å². The van der Waals surface area contributed by atoms with E-state index in [1.54, 1.807) is 0 Å². The van der Waals surface area contributed by atoms with E-state index in [1.165, 1.54) is 30.5 Å². The van der Waals surface area contributed by atoms with E-state index in [2.05, 4.69) is 70.9 Å². The fourth-order valence-corrected chi connectivity index (χ4v) is 3.26. The summed E-state index contributed by atoms with van der Waals surface area (Å²) in [7, 11) is 0. The second-order valence-corrected chi connectivity index (χ2v) is 6.32. The van der Waals surface area contributed by atoms with E-state index in [0.29, 0.717) is 0 Å². The molecular formula is C20H26N2. The van der Waals surface area contributed by atoms with Gasteiger partial charge in [-0.25, -0.2) is 0 Å². The highest BCUT2D eigenvalue weighted by atomic mass is 15.2. The lowest BCUT2D eigenvalue weighted by Gasteiger charge is -2.24. The summed E-state index contributed by atoms with van der Waals surface area (Å²) in [6.45, 7) is 5.68. The summed E-state index contributed by atoms with van der Waals surface area (Å²) in [6, 6.07) is 21.7. The van der Waals surface area contributed by atoms with Crippen molar-refractivity contribution in [3.8, 4) is 0 Å². The first-order chi connectivity index (χ1) is 10.9. The second kappa shape index (κ2) is 8.11. The van der Waals surface area contributed by atoms with Crippen LogP contribution in [0.3, 0.4) is 0 Å². The van der Waals surface area contributed by atoms with Crippen LogP contribution in [0.15, 0.2) is 60.7 Å². The van der Waals surface area contributed by atoms with Gasteiger partial charge in [0, 0.05) is 26.2 Å². The maximum Gasteiger partial charge on any atom is 0.0234 e. The van der Waals surface area contributed by atoms with Crippen molar-refractivity contribution in [3.63, 3.8) is 0 Å². The lowest BCUT2D eigenvalue weighted by Crippen LogP contribution is -2.29. The molecule has 2 aromatic rings. The molecule has 1 aliphatic rings. The molecule has 1 aliphatic heterocycles. The first kappa shape index (κ1) is 15.3. The number of rotatable bonds is 5. The number of hydrogen-bond acceptors (Lipinski definition) is 2. The van der Waals surface area contributed by atoms with Crippen LogP contribution in [-0.2, 0) is 13.0 Å². The van der Waals surface area contributed by atoms with Gasteiger partial charge in [-0.3, -0.25) is 4.90 Å². The first-order valence-electron chi connectivity index (χ1n) is 8.41. The Bertz CT molecular complexity index is 538. The van der Waals surface area contributed by atoms with Gasteiger partial charge in [-0.15, -0.1) is 0 Å². The van der Waals surface area contributed by atoms with Crippen LogP contribution in [-0.4, -0.2) is 31.1 Å². The standard InChI is InChI=1S/C20H26N2/c1-3-7-18(8-4-1)11-12-20-15-21-13-14-22(17-20)16-19-9-5-2-6-10-19/h1-10,20-21H,11-17H2. The van der Waals surface area contributed by atoms with E-state index in [1.807, 2.05) is 0 Å². The molecule has 1 heterocycles. The molecule has 0 aromatic heterocycles. The largest absolute Gasteiger partial charge is 0.315 e. The van der Waals surface area contributed by atoms with Crippen molar-refractivity contribution in [3.05, 3.63) is 71.8 Å². The molecule has 22 heavy (non-hydrogen) atoms. The Morgan fingerprint density at radius 3 is 2.32 bits per heavy atom. The van der Waals surface area contributed by atoms with E-state index in [0.717, 1.165) is 32.1 Å². The molecule has 2 heteroatoms. The molecule has 1 unspecified atom stereocenters. The van der Waals surface area contributed by atoms with Crippen molar-refractivity contribution in [2.24, 2.45) is 5.92 Å². The van der Waals surface area contributed by atoms with Crippen molar-refractivity contribution in [1.29, 1.82) is 0 Å². The van der Waals surface area contributed by atoms with Crippen LogP contribution in [0.2, 0.25) is 0 Å². The lowest BCUT2D eigenvalue weighted by atomic mass is 9.99. The van der Waals surface area contributed by atoms with E-state index in [-0.39, 0.29) is 0 Å². The van der Waals surface area contributed by atoms with Crippen LogP contribution in [0.5, 0.6) is 0 Å². The normalized spacial score (nSPS) is 19.7. The Balaban J connectivity index is 1.53. The minimum absolute atomic E-state index is 0.742. The van der Waals surface area contributed by atoms with E-state index < -0.39 is 0 Å². The van der Waals surface area contributed by atoms with Gasteiger partial charge in [-0.1, -0.05) is 60.7 Å². The predicted octanol–water partition coefficient (Wildman–Crippen LogP) is 3.34. The molecule has 1 saturated heterocycles. The Morgan fingerprint density at radius 2 is 1.59 bits per heavy atom. The van der Waals surface area contributed by atoms with E-state index >= 15 is 0 Å². The Hall–Kier alpha value is -1.64. The molecule has 0 spiro atoms. The molecule has 116 valence electrons. The zero-order chi connectivity index (χ0) is 15.0. The molecular weight excluding hydrogens is 268 g/mol. The zero-order valence-corrected chi connectivity index (χ0v) is 13.2. The maximum absolute atomic E-state index is 3.61. The molecule has 0 saturated carbocycles. The zero-order valence-electron chi connectivity index (χ0n) is 13.2. The smallest absolute Gasteiger partial charge is 0.0234 e. The Morgan fingerprint density at radius 1 is 0.909 bits per heavy atom. The van der Waals surface area contributed by atoms with Gasteiger partial charge in [0.1, 0.15) is 0 Å². The van der Waals surface area contributed by atoms with Crippen LogP contribution in [0.4, 0.5) is 0 Å². The molecule has 2 nitrogen and oxygen atoms in total. The van der Waals surface area contributed by atoms with Crippen molar-refractivity contribution in [1.82, 2.24) is 10.2 Å². The quantitative estimate of drug-likeness (QED) is 0.910. The lowest BCUT2D eigenvalue weighted by molar-refractivity contribution is 0.244. The fraction of sp³-hybridized carbons (Fsp3) is 0.400. The van der Waals surface area contributed by atoms with Gasteiger partial charge in [0.15, 0.2) is 0 Å². The Kier molecular flexibility index (Phi) is 5.63. The van der Waals surface area contributed by atoms with Crippen LogP contribution in [0.25, 0.3) is 0 Å².